The number of hydrogen-bond donors (Lipinski definition) is 2. The monoisotopic (exact) mass is 496 g/mol. The Hall–Kier alpha value is -4.67. The minimum atomic E-state index is -4.65. The van der Waals surface area contributed by atoms with Gasteiger partial charge in [0.25, 0.3) is 11.8 Å². The number of para-hydroxylation sites is 1. The first-order chi connectivity index (χ1) is 17.1. The van der Waals surface area contributed by atoms with Gasteiger partial charge in [0, 0.05) is 24.0 Å². The van der Waals surface area contributed by atoms with E-state index in [0.717, 1.165) is 16.8 Å². The van der Waals surface area contributed by atoms with Gasteiger partial charge in [0.2, 0.25) is 5.43 Å². The number of carbonyl (C=O) groups excluding carboxylic acids is 2. The molecule has 2 amide bonds. The van der Waals surface area contributed by atoms with Crippen molar-refractivity contribution in [3.8, 4) is 5.69 Å². The molecule has 184 valence electrons. The van der Waals surface area contributed by atoms with Crippen molar-refractivity contribution in [2.45, 2.75) is 19.6 Å². The highest BCUT2D eigenvalue weighted by atomic mass is 19.4. The molecule has 0 radical (unpaired) electrons. The molecule has 0 aliphatic carbocycles. The van der Waals surface area contributed by atoms with Gasteiger partial charge in [-0.25, -0.2) is 4.68 Å². The van der Waals surface area contributed by atoms with Crippen molar-refractivity contribution in [1.82, 2.24) is 15.1 Å². The van der Waals surface area contributed by atoms with Crippen LogP contribution < -0.4 is 16.1 Å². The summed E-state index contributed by atoms with van der Waals surface area (Å²) in [5, 5.41) is 9.14. The number of furan rings is 1. The molecule has 11 heteroatoms. The number of benzene rings is 2. The topological polar surface area (TPSA) is 106 Å². The van der Waals surface area contributed by atoms with Crippen LogP contribution in [0.15, 0.2) is 82.2 Å². The first kappa shape index (κ1) is 24.5. The molecule has 0 fully saturated rings. The van der Waals surface area contributed by atoms with E-state index in [9.17, 15) is 27.6 Å². The summed E-state index contributed by atoms with van der Waals surface area (Å²) in [4.78, 5) is 37.1. The Morgan fingerprint density at radius 3 is 2.39 bits per heavy atom. The number of hydrogen-bond acceptors (Lipinski definition) is 5. The van der Waals surface area contributed by atoms with Crippen molar-refractivity contribution in [3.63, 3.8) is 0 Å². The van der Waals surface area contributed by atoms with Crippen molar-refractivity contribution >= 4 is 17.5 Å². The standard InChI is InChI=1S/C25H19F3N4O4/c1-15-13-20(33)22(31-32(15)19-6-3-2-5-18(19)25(26,27)28)24(35)29-14-16-8-10-17(11-9-16)30-23(34)21-7-4-12-36-21/h2-13H,14H2,1H3,(H,29,35)(H,30,34). The number of carbonyl (C=O) groups is 2. The lowest BCUT2D eigenvalue weighted by Crippen LogP contribution is -2.32. The maximum absolute atomic E-state index is 13.5. The number of amides is 2. The second kappa shape index (κ2) is 9.90. The minimum Gasteiger partial charge on any atom is -0.459 e. The number of aryl methyl sites for hydroxylation is 1. The van der Waals surface area contributed by atoms with Gasteiger partial charge in [0.15, 0.2) is 11.5 Å². The lowest BCUT2D eigenvalue weighted by molar-refractivity contribution is -0.137. The summed E-state index contributed by atoms with van der Waals surface area (Å²) < 4.78 is 46.4. The average Bonchev–Trinajstić information content (AvgIpc) is 3.38. The molecule has 2 heterocycles. The molecular formula is C25H19F3N4O4. The molecule has 36 heavy (non-hydrogen) atoms. The Morgan fingerprint density at radius 2 is 1.72 bits per heavy atom. The van der Waals surface area contributed by atoms with Crippen molar-refractivity contribution in [2.75, 3.05) is 5.32 Å². The van der Waals surface area contributed by atoms with E-state index in [0.29, 0.717) is 11.3 Å². The summed E-state index contributed by atoms with van der Waals surface area (Å²) in [5.74, 6) is -1.11. The lowest BCUT2D eigenvalue weighted by atomic mass is 10.1. The number of aromatic nitrogens is 2. The second-order valence-electron chi connectivity index (χ2n) is 7.74. The van der Waals surface area contributed by atoms with Crippen LogP contribution in [0.1, 0.15) is 37.9 Å². The number of nitrogens with zero attached hydrogens (tertiary/aromatic N) is 2. The van der Waals surface area contributed by atoms with Crippen LogP contribution in [0.3, 0.4) is 0 Å². The smallest absolute Gasteiger partial charge is 0.418 e. The number of rotatable bonds is 6. The molecule has 4 rings (SSSR count). The fraction of sp³-hybridized carbons (Fsp3) is 0.120. The van der Waals surface area contributed by atoms with Crippen LogP contribution in [0.4, 0.5) is 18.9 Å². The molecule has 2 aromatic carbocycles. The quantitative estimate of drug-likeness (QED) is 0.413. The van der Waals surface area contributed by atoms with Gasteiger partial charge in [-0.2, -0.15) is 18.3 Å². The Bertz CT molecular complexity index is 1460. The van der Waals surface area contributed by atoms with E-state index in [2.05, 4.69) is 15.7 Å². The molecule has 0 atom stereocenters. The lowest BCUT2D eigenvalue weighted by Gasteiger charge is -2.16. The van der Waals surface area contributed by atoms with E-state index >= 15 is 0 Å². The summed E-state index contributed by atoms with van der Waals surface area (Å²) in [6.07, 6.45) is -3.27. The normalized spacial score (nSPS) is 11.2. The predicted octanol–water partition coefficient (Wildman–Crippen LogP) is 4.34. The maximum atomic E-state index is 13.5. The van der Waals surface area contributed by atoms with E-state index in [4.69, 9.17) is 4.42 Å². The summed E-state index contributed by atoms with van der Waals surface area (Å²) in [7, 11) is 0. The van der Waals surface area contributed by atoms with E-state index in [1.807, 2.05) is 0 Å². The summed E-state index contributed by atoms with van der Waals surface area (Å²) in [5.41, 5.74) is -1.23. The molecule has 2 N–H and O–H groups in total. The fourth-order valence-corrected chi connectivity index (χ4v) is 3.42. The zero-order valence-corrected chi connectivity index (χ0v) is 18.8. The molecule has 4 aromatic rings. The van der Waals surface area contributed by atoms with E-state index in [1.54, 1.807) is 30.3 Å². The fourth-order valence-electron chi connectivity index (χ4n) is 3.42. The third-order valence-corrected chi connectivity index (χ3v) is 5.17. The summed E-state index contributed by atoms with van der Waals surface area (Å²) in [6.45, 7) is 1.44. The third kappa shape index (κ3) is 5.35. The molecule has 0 spiro atoms. The van der Waals surface area contributed by atoms with Crippen LogP contribution in [0.2, 0.25) is 0 Å². The van der Waals surface area contributed by atoms with Gasteiger partial charge in [-0.3, -0.25) is 14.4 Å². The van der Waals surface area contributed by atoms with E-state index in [-0.39, 0.29) is 23.7 Å². The van der Waals surface area contributed by atoms with Gasteiger partial charge in [-0.15, -0.1) is 0 Å². The molecule has 0 aliphatic heterocycles. The highest BCUT2D eigenvalue weighted by Gasteiger charge is 2.34. The maximum Gasteiger partial charge on any atom is 0.418 e. The number of nitrogens with one attached hydrogen (secondary N) is 2. The highest BCUT2D eigenvalue weighted by molar-refractivity contribution is 6.02. The molecule has 2 aromatic heterocycles. The highest BCUT2D eigenvalue weighted by Crippen LogP contribution is 2.33. The van der Waals surface area contributed by atoms with Crippen molar-refractivity contribution in [3.05, 3.63) is 111 Å². The van der Waals surface area contributed by atoms with Gasteiger partial charge < -0.3 is 15.1 Å². The van der Waals surface area contributed by atoms with Crippen LogP contribution >= 0.6 is 0 Å². The summed E-state index contributed by atoms with van der Waals surface area (Å²) >= 11 is 0. The zero-order chi connectivity index (χ0) is 25.9. The second-order valence-corrected chi connectivity index (χ2v) is 7.74. The summed E-state index contributed by atoms with van der Waals surface area (Å²) in [6, 6.07) is 15.5. The Balaban J connectivity index is 1.49. The number of anilines is 1. The molecule has 8 nitrogen and oxygen atoms in total. The van der Waals surface area contributed by atoms with Crippen LogP contribution in [0.25, 0.3) is 5.69 Å². The van der Waals surface area contributed by atoms with E-state index < -0.39 is 34.7 Å². The Morgan fingerprint density at radius 1 is 1.00 bits per heavy atom. The molecule has 0 bridgehead atoms. The first-order valence-electron chi connectivity index (χ1n) is 10.6. The van der Waals surface area contributed by atoms with Crippen molar-refractivity contribution in [1.29, 1.82) is 0 Å². The van der Waals surface area contributed by atoms with Crippen molar-refractivity contribution < 1.29 is 27.2 Å². The average molecular weight is 496 g/mol. The predicted molar refractivity (Wildman–Crippen MR) is 124 cm³/mol. The van der Waals surface area contributed by atoms with Crippen LogP contribution in [-0.4, -0.2) is 21.6 Å². The van der Waals surface area contributed by atoms with Crippen molar-refractivity contribution in [2.24, 2.45) is 0 Å². The third-order valence-electron chi connectivity index (χ3n) is 5.17. The Kier molecular flexibility index (Phi) is 6.73. The number of alkyl halides is 3. The molecule has 0 unspecified atom stereocenters. The Labute approximate surface area is 202 Å². The minimum absolute atomic E-state index is 0.0133. The number of halogens is 3. The van der Waals surface area contributed by atoms with E-state index in [1.165, 1.54) is 37.5 Å². The first-order valence-corrected chi connectivity index (χ1v) is 10.6. The molecule has 0 saturated heterocycles. The van der Waals surface area contributed by atoms with Gasteiger partial charge in [0.05, 0.1) is 17.5 Å². The largest absolute Gasteiger partial charge is 0.459 e. The SMILES string of the molecule is Cc1cc(=O)c(C(=O)NCc2ccc(NC(=O)c3ccco3)cc2)nn1-c1ccccc1C(F)(F)F. The van der Waals surface area contributed by atoms with Crippen LogP contribution in [0, 0.1) is 6.92 Å². The molecular weight excluding hydrogens is 477 g/mol. The van der Waals surface area contributed by atoms with Gasteiger partial charge in [-0.1, -0.05) is 24.3 Å². The van der Waals surface area contributed by atoms with Gasteiger partial charge in [0.1, 0.15) is 0 Å². The molecule has 0 aliphatic rings. The van der Waals surface area contributed by atoms with Crippen LogP contribution in [0.5, 0.6) is 0 Å². The van der Waals surface area contributed by atoms with Crippen LogP contribution in [-0.2, 0) is 12.7 Å². The molecule has 0 saturated carbocycles. The van der Waals surface area contributed by atoms with Gasteiger partial charge >= 0.3 is 6.18 Å². The van der Waals surface area contributed by atoms with Gasteiger partial charge in [-0.05, 0) is 48.9 Å². The zero-order valence-electron chi connectivity index (χ0n) is 18.8.